The molecule has 0 fully saturated rings. The molecular formula is C18H22O3. The highest BCUT2D eigenvalue weighted by Gasteiger charge is 2.08. The van der Waals surface area contributed by atoms with Crippen LogP contribution in [0, 0.1) is 6.92 Å². The summed E-state index contributed by atoms with van der Waals surface area (Å²) in [6, 6.07) is 12.4. The molecule has 0 N–H and O–H groups in total. The van der Waals surface area contributed by atoms with Crippen LogP contribution in [0.3, 0.4) is 0 Å². The fraction of sp³-hybridized carbons (Fsp3) is 0.333. The van der Waals surface area contributed by atoms with Crippen LogP contribution >= 0.6 is 0 Å². The lowest BCUT2D eigenvalue weighted by Gasteiger charge is -2.12. The van der Waals surface area contributed by atoms with Gasteiger partial charge in [0.2, 0.25) is 0 Å². The van der Waals surface area contributed by atoms with Gasteiger partial charge in [-0.15, -0.1) is 0 Å². The number of methoxy groups -OCH3 is 3. The molecule has 0 unspecified atom stereocenters. The Morgan fingerprint density at radius 3 is 1.71 bits per heavy atom. The topological polar surface area (TPSA) is 27.7 Å². The van der Waals surface area contributed by atoms with Crippen molar-refractivity contribution in [3.8, 4) is 17.2 Å². The summed E-state index contributed by atoms with van der Waals surface area (Å²) in [5.74, 6) is 2.63. The van der Waals surface area contributed by atoms with Gasteiger partial charge >= 0.3 is 0 Å². The van der Waals surface area contributed by atoms with E-state index in [9.17, 15) is 0 Å². The predicted molar refractivity (Wildman–Crippen MR) is 84.7 cm³/mol. The lowest BCUT2D eigenvalue weighted by molar-refractivity contribution is 0.388. The molecule has 0 saturated heterocycles. The average Bonchev–Trinajstić information content (AvgIpc) is 2.54. The largest absolute Gasteiger partial charge is 0.497 e. The molecule has 3 heteroatoms. The van der Waals surface area contributed by atoms with E-state index in [0.717, 1.165) is 35.7 Å². The quantitative estimate of drug-likeness (QED) is 0.808. The molecule has 0 saturated carbocycles. The number of benzene rings is 2. The van der Waals surface area contributed by atoms with Crippen LogP contribution in [0.5, 0.6) is 17.2 Å². The highest BCUT2D eigenvalue weighted by Crippen LogP contribution is 2.30. The summed E-state index contributed by atoms with van der Waals surface area (Å²) < 4.78 is 16.0. The van der Waals surface area contributed by atoms with Crippen molar-refractivity contribution < 1.29 is 14.2 Å². The Morgan fingerprint density at radius 2 is 1.24 bits per heavy atom. The van der Waals surface area contributed by atoms with Gasteiger partial charge in [0.25, 0.3) is 0 Å². The number of hydrogen-bond donors (Lipinski definition) is 0. The minimum atomic E-state index is 0.874. The first-order valence-electron chi connectivity index (χ1n) is 7.02. The van der Waals surface area contributed by atoms with Crippen molar-refractivity contribution in [2.24, 2.45) is 0 Å². The lowest BCUT2D eigenvalue weighted by Crippen LogP contribution is -1.97. The molecule has 2 rings (SSSR count). The van der Waals surface area contributed by atoms with Gasteiger partial charge in [-0.25, -0.2) is 0 Å². The first kappa shape index (κ1) is 15.2. The molecule has 0 aliphatic heterocycles. The molecular weight excluding hydrogens is 264 g/mol. The van der Waals surface area contributed by atoms with Gasteiger partial charge in [0.05, 0.1) is 21.3 Å². The summed E-state index contributed by atoms with van der Waals surface area (Å²) >= 11 is 0. The van der Waals surface area contributed by atoms with Crippen molar-refractivity contribution in [2.75, 3.05) is 21.3 Å². The Labute approximate surface area is 126 Å². The summed E-state index contributed by atoms with van der Waals surface area (Å²) in [6.45, 7) is 2.00. The van der Waals surface area contributed by atoms with Crippen molar-refractivity contribution >= 4 is 0 Å². The van der Waals surface area contributed by atoms with Crippen molar-refractivity contribution in [3.05, 3.63) is 53.1 Å². The maximum absolute atomic E-state index is 5.41. The highest BCUT2D eigenvalue weighted by atomic mass is 16.5. The minimum absolute atomic E-state index is 0.874. The number of aryl methyl sites for hydroxylation is 2. The number of hydrogen-bond acceptors (Lipinski definition) is 3. The van der Waals surface area contributed by atoms with Gasteiger partial charge in [-0.3, -0.25) is 0 Å². The van der Waals surface area contributed by atoms with Gasteiger partial charge in [0.1, 0.15) is 17.2 Å². The Morgan fingerprint density at radius 1 is 0.714 bits per heavy atom. The van der Waals surface area contributed by atoms with E-state index in [1.54, 1.807) is 21.3 Å². The smallest absolute Gasteiger partial charge is 0.125 e. The van der Waals surface area contributed by atoms with Crippen molar-refractivity contribution in [3.63, 3.8) is 0 Å². The van der Waals surface area contributed by atoms with Crippen molar-refractivity contribution in [1.82, 2.24) is 0 Å². The molecule has 21 heavy (non-hydrogen) atoms. The second-order valence-corrected chi connectivity index (χ2v) is 4.97. The van der Waals surface area contributed by atoms with Crippen LogP contribution < -0.4 is 14.2 Å². The SMILES string of the molecule is COc1ccc(CCc2cc(OC)c(C)c(OC)c2)cc1. The van der Waals surface area contributed by atoms with Crippen LogP contribution in [0.4, 0.5) is 0 Å². The van der Waals surface area contributed by atoms with Crippen LogP contribution in [0.1, 0.15) is 16.7 Å². The zero-order chi connectivity index (χ0) is 15.2. The fourth-order valence-corrected chi connectivity index (χ4v) is 2.37. The molecule has 112 valence electrons. The predicted octanol–water partition coefficient (Wildman–Crippen LogP) is 3.81. The molecule has 0 radical (unpaired) electrons. The van der Waals surface area contributed by atoms with Crippen LogP contribution in [0.2, 0.25) is 0 Å². The van der Waals surface area contributed by atoms with Gasteiger partial charge in [0, 0.05) is 5.56 Å². The van der Waals surface area contributed by atoms with Gasteiger partial charge in [0.15, 0.2) is 0 Å². The summed E-state index contributed by atoms with van der Waals surface area (Å²) in [5.41, 5.74) is 3.53. The summed E-state index contributed by atoms with van der Waals surface area (Å²) in [6.07, 6.45) is 1.92. The van der Waals surface area contributed by atoms with Crippen molar-refractivity contribution in [1.29, 1.82) is 0 Å². The standard InChI is InChI=1S/C18H22O3/c1-13-17(20-3)11-15(12-18(13)21-4)6-5-14-7-9-16(19-2)10-8-14/h7-12H,5-6H2,1-4H3. The third kappa shape index (κ3) is 3.69. The zero-order valence-electron chi connectivity index (χ0n) is 13.1. The number of ether oxygens (including phenoxy) is 3. The summed E-state index contributed by atoms with van der Waals surface area (Å²) in [7, 11) is 5.06. The first-order valence-corrected chi connectivity index (χ1v) is 7.02. The second-order valence-electron chi connectivity index (χ2n) is 4.97. The van der Waals surface area contributed by atoms with Gasteiger partial charge in [-0.05, 0) is 55.2 Å². The molecule has 2 aromatic rings. The Balaban J connectivity index is 2.11. The van der Waals surface area contributed by atoms with E-state index in [1.807, 2.05) is 19.1 Å². The molecule has 3 nitrogen and oxygen atoms in total. The monoisotopic (exact) mass is 286 g/mol. The van der Waals surface area contributed by atoms with E-state index in [1.165, 1.54) is 11.1 Å². The molecule has 0 aromatic heterocycles. The van der Waals surface area contributed by atoms with Gasteiger partial charge in [-0.2, -0.15) is 0 Å². The molecule has 0 atom stereocenters. The lowest BCUT2D eigenvalue weighted by atomic mass is 10.0. The average molecular weight is 286 g/mol. The third-order valence-corrected chi connectivity index (χ3v) is 3.67. The highest BCUT2D eigenvalue weighted by molar-refractivity contribution is 5.47. The summed E-state index contributed by atoms with van der Waals surface area (Å²) in [4.78, 5) is 0. The van der Waals surface area contributed by atoms with E-state index in [-0.39, 0.29) is 0 Å². The number of rotatable bonds is 6. The maximum atomic E-state index is 5.41. The molecule has 0 bridgehead atoms. The third-order valence-electron chi connectivity index (χ3n) is 3.67. The molecule has 0 spiro atoms. The Bertz CT molecular complexity index is 563. The van der Waals surface area contributed by atoms with E-state index >= 15 is 0 Å². The first-order chi connectivity index (χ1) is 10.2. The summed E-state index contributed by atoms with van der Waals surface area (Å²) in [5, 5.41) is 0. The van der Waals surface area contributed by atoms with E-state index in [2.05, 4.69) is 24.3 Å². The van der Waals surface area contributed by atoms with Crippen LogP contribution in [0.15, 0.2) is 36.4 Å². The van der Waals surface area contributed by atoms with E-state index in [0.29, 0.717) is 0 Å². The molecule has 2 aromatic carbocycles. The molecule has 0 aliphatic rings. The van der Waals surface area contributed by atoms with E-state index in [4.69, 9.17) is 14.2 Å². The van der Waals surface area contributed by atoms with Gasteiger partial charge < -0.3 is 14.2 Å². The Kier molecular flexibility index (Phi) is 5.09. The van der Waals surface area contributed by atoms with Crippen molar-refractivity contribution in [2.45, 2.75) is 19.8 Å². The van der Waals surface area contributed by atoms with Crippen LogP contribution in [0.25, 0.3) is 0 Å². The fourth-order valence-electron chi connectivity index (χ4n) is 2.37. The maximum Gasteiger partial charge on any atom is 0.125 e. The normalized spacial score (nSPS) is 10.3. The molecule has 0 amide bonds. The minimum Gasteiger partial charge on any atom is -0.497 e. The van der Waals surface area contributed by atoms with Gasteiger partial charge in [-0.1, -0.05) is 12.1 Å². The van der Waals surface area contributed by atoms with Crippen LogP contribution in [-0.2, 0) is 12.8 Å². The van der Waals surface area contributed by atoms with Crippen LogP contribution in [-0.4, -0.2) is 21.3 Å². The molecule has 0 aliphatic carbocycles. The second kappa shape index (κ2) is 7.02. The van der Waals surface area contributed by atoms with E-state index < -0.39 is 0 Å². The molecule has 0 heterocycles. The Hall–Kier alpha value is -2.16. The zero-order valence-corrected chi connectivity index (χ0v) is 13.1.